The number of likely N-dealkylation sites (tertiary alicyclic amines) is 1. The van der Waals surface area contributed by atoms with E-state index >= 15 is 0 Å². The smallest absolute Gasteiger partial charge is 0.414 e. The number of ether oxygens (including phenoxy) is 1. The molecule has 0 aromatic heterocycles. The van der Waals surface area contributed by atoms with Gasteiger partial charge in [-0.15, -0.1) is 0 Å². The van der Waals surface area contributed by atoms with E-state index in [2.05, 4.69) is 10.2 Å². The number of piperidine rings is 1. The third kappa shape index (κ3) is 5.03. The Labute approximate surface area is 180 Å². The second kappa shape index (κ2) is 9.18. The van der Waals surface area contributed by atoms with E-state index in [0.717, 1.165) is 31.5 Å². The van der Waals surface area contributed by atoms with Gasteiger partial charge in [-0.2, -0.15) is 0 Å². The van der Waals surface area contributed by atoms with Crippen molar-refractivity contribution in [1.29, 1.82) is 0 Å². The normalized spacial score (nSPS) is 19.2. The molecule has 8 heteroatoms. The van der Waals surface area contributed by atoms with Gasteiger partial charge in [0.2, 0.25) is 5.91 Å². The van der Waals surface area contributed by atoms with Crippen molar-refractivity contribution in [2.24, 2.45) is 11.7 Å². The zero-order chi connectivity index (χ0) is 21.8. The predicted molar refractivity (Wildman–Crippen MR) is 117 cm³/mol. The van der Waals surface area contributed by atoms with Gasteiger partial charge in [0, 0.05) is 30.0 Å². The van der Waals surface area contributed by atoms with Crippen molar-refractivity contribution < 1.29 is 19.1 Å². The van der Waals surface area contributed by atoms with E-state index in [1.165, 1.54) is 4.90 Å². The molecule has 2 aliphatic rings. The van der Waals surface area contributed by atoms with Crippen LogP contribution in [0.1, 0.15) is 28.8 Å². The van der Waals surface area contributed by atoms with Gasteiger partial charge in [0.15, 0.2) is 0 Å². The fourth-order valence-electron chi connectivity index (χ4n) is 4.01. The average molecular weight is 422 g/mol. The van der Waals surface area contributed by atoms with Gasteiger partial charge in [-0.05, 0) is 61.3 Å². The number of nitrogens with two attached hydrogens (primary N) is 1. The number of amides is 3. The van der Waals surface area contributed by atoms with Gasteiger partial charge in [-0.3, -0.25) is 19.4 Å². The molecule has 31 heavy (non-hydrogen) atoms. The summed E-state index contributed by atoms with van der Waals surface area (Å²) in [5.41, 5.74) is 8.49. The van der Waals surface area contributed by atoms with E-state index in [1.807, 2.05) is 24.3 Å². The van der Waals surface area contributed by atoms with Crippen LogP contribution < -0.4 is 16.0 Å². The number of nitrogens with one attached hydrogen (secondary N) is 1. The summed E-state index contributed by atoms with van der Waals surface area (Å²) in [4.78, 5) is 39.4. The molecule has 3 N–H and O–H groups in total. The molecule has 3 amide bonds. The zero-order valence-electron chi connectivity index (χ0n) is 17.3. The van der Waals surface area contributed by atoms with Crippen LogP contribution in [0.5, 0.6) is 0 Å². The van der Waals surface area contributed by atoms with Crippen LogP contribution in [-0.4, -0.2) is 49.0 Å². The Morgan fingerprint density at radius 3 is 2.45 bits per heavy atom. The maximum Gasteiger partial charge on any atom is 0.414 e. The summed E-state index contributed by atoms with van der Waals surface area (Å²) in [7, 11) is 0. The molecule has 8 nitrogen and oxygen atoms in total. The summed E-state index contributed by atoms with van der Waals surface area (Å²) in [6.07, 6.45) is 1.46. The Balaban J connectivity index is 1.32. The average Bonchev–Trinajstić information content (AvgIpc) is 3.21. The fraction of sp³-hybridized carbons (Fsp3) is 0.348. The van der Waals surface area contributed by atoms with Crippen LogP contribution in [-0.2, 0) is 16.1 Å². The molecule has 2 aromatic carbocycles. The van der Waals surface area contributed by atoms with E-state index in [1.54, 1.807) is 24.3 Å². The summed E-state index contributed by atoms with van der Waals surface area (Å²) < 4.78 is 4.93. The second-order valence-corrected chi connectivity index (χ2v) is 7.94. The van der Waals surface area contributed by atoms with Crippen LogP contribution in [0.15, 0.2) is 48.5 Å². The molecule has 0 saturated carbocycles. The number of nitrogens with zero attached hydrogens (tertiary/aromatic N) is 2. The van der Waals surface area contributed by atoms with E-state index in [9.17, 15) is 14.4 Å². The van der Waals surface area contributed by atoms with E-state index < -0.39 is 0 Å². The molecule has 0 radical (unpaired) electrons. The van der Waals surface area contributed by atoms with Crippen molar-refractivity contribution >= 4 is 29.3 Å². The van der Waals surface area contributed by atoms with Crippen LogP contribution >= 0.6 is 0 Å². The lowest BCUT2D eigenvalue weighted by atomic mass is 9.97. The van der Waals surface area contributed by atoms with E-state index in [4.69, 9.17) is 10.5 Å². The first-order valence-corrected chi connectivity index (χ1v) is 10.5. The van der Waals surface area contributed by atoms with Gasteiger partial charge in [0.25, 0.3) is 5.91 Å². The van der Waals surface area contributed by atoms with Gasteiger partial charge in [0.05, 0.1) is 12.5 Å². The van der Waals surface area contributed by atoms with E-state index in [0.29, 0.717) is 36.6 Å². The number of carbonyl (C=O) groups excluding carboxylic acids is 3. The summed E-state index contributed by atoms with van der Waals surface area (Å²) >= 11 is 0. The number of anilines is 2. The minimum Gasteiger partial charge on any atom is -0.447 e. The predicted octanol–water partition coefficient (Wildman–Crippen LogP) is 2.59. The zero-order valence-corrected chi connectivity index (χ0v) is 17.3. The Morgan fingerprint density at radius 2 is 1.81 bits per heavy atom. The molecule has 2 saturated heterocycles. The number of rotatable bonds is 6. The molecule has 0 spiro atoms. The monoisotopic (exact) mass is 422 g/mol. The van der Waals surface area contributed by atoms with Crippen molar-refractivity contribution in [3.8, 4) is 0 Å². The minimum atomic E-state index is -0.369. The molecule has 2 fully saturated rings. The maximum atomic E-state index is 12.5. The van der Waals surface area contributed by atoms with Crippen LogP contribution in [0, 0.1) is 5.92 Å². The fourth-order valence-corrected chi connectivity index (χ4v) is 4.01. The molecule has 2 aromatic rings. The highest BCUT2D eigenvalue weighted by Gasteiger charge is 2.24. The van der Waals surface area contributed by atoms with Crippen molar-refractivity contribution in [1.82, 2.24) is 4.90 Å². The molecular formula is C23H26N4O4. The van der Waals surface area contributed by atoms with Gasteiger partial charge in [-0.1, -0.05) is 12.1 Å². The van der Waals surface area contributed by atoms with Crippen molar-refractivity contribution in [2.45, 2.75) is 19.4 Å². The molecule has 2 aliphatic heterocycles. The third-order valence-corrected chi connectivity index (χ3v) is 5.73. The largest absolute Gasteiger partial charge is 0.447 e. The Morgan fingerprint density at radius 1 is 1.06 bits per heavy atom. The third-order valence-electron chi connectivity index (χ3n) is 5.73. The maximum absolute atomic E-state index is 12.5. The van der Waals surface area contributed by atoms with E-state index in [-0.39, 0.29) is 23.8 Å². The summed E-state index contributed by atoms with van der Waals surface area (Å²) in [5, 5.41) is 2.89. The van der Waals surface area contributed by atoms with Gasteiger partial charge < -0.3 is 15.8 Å². The number of hydrogen-bond donors (Lipinski definition) is 2. The molecule has 2 heterocycles. The highest BCUT2D eigenvalue weighted by Crippen LogP contribution is 2.21. The summed E-state index contributed by atoms with van der Waals surface area (Å²) in [6, 6.07) is 14.6. The molecule has 1 unspecified atom stereocenters. The van der Waals surface area contributed by atoms with Crippen molar-refractivity contribution in [3.05, 3.63) is 59.7 Å². The molecule has 0 aliphatic carbocycles. The standard InChI is InChI=1S/C23H26N4O4/c24-21(28)18-2-1-11-26(15-18)14-16-3-7-19(8-4-16)25-22(29)17-5-9-20(10-6-17)27-12-13-31-23(27)30/h3-10,18H,1-2,11-15H2,(H2,24,28)(H,25,29). The first kappa shape index (κ1) is 20.9. The molecule has 162 valence electrons. The topological polar surface area (TPSA) is 105 Å². The lowest BCUT2D eigenvalue weighted by Gasteiger charge is -2.31. The van der Waals surface area contributed by atoms with Crippen LogP contribution in [0.4, 0.5) is 16.2 Å². The Kier molecular flexibility index (Phi) is 6.18. The number of hydrogen-bond acceptors (Lipinski definition) is 5. The van der Waals surface area contributed by atoms with Crippen LogP contribution in [0.3, 0.4) is 0 Å². The van der Waals surface area contributed by atoms with Crippen molar-refractivity contribution in [2.75, 3.05) is 36.5 Å². The number of benzene rings is 2. The van der Waals surface area contributed by atoms with Gasteiger partial charge >= 0.3 is 6.09 Å². The molecule has 4 rings (SSSR count). The number of cyclic esters (lactones) is 1. The lowest BCUT2D eigenvalue weighted by molar-refractivity contribution is -0.123. The highest BCUT2D eigenvalue weighted by molar-refractivity contribution is 6.04. The Bertz CT molecular complexity index is 959. The summed E-state index contributed by atoms with van der Waals surface area (Å²) in [5.74, 6) is -0.519. The number of carbonyl (C=O) groups is 3. The van der Waals surface area contributed by atoms with Crippen molar-refractivity contribution in [3.63, 3.8) is 0 Å². The summed E-state index contributed by atoms with van der Waals surface area (Å²) in [6.45, 7) is 3.28. The molecule has 0 bridgehead atoms. The van der Waals surface area contributed by atoms with Crippen LogP contribution in [0.25, 0.3) is 0 Å². The van der Waals surface area contributed by atoms with Gasteiger partial charge in [-0.25, -0.2) is 4.79 Å². The number of primary amides is 1. The minimum absolute atomic E-state index is 0.0742. The SMILES string of the molecule is NC(=O)C1CCCN(Cc2ccc(NC(=O)c3ccc(N4CCOC4=O)cc3)cc2)C1. The molecular weight excluding hydrogens is 396 g/mol. The first-order chi connectivity index (χ1) is 15.0. The van der Waals surface area contributed by atoms with Crippen LogP contribution in [0.2, 0.25) is 0 Å². The van der Waals surface area contributed by atoms with Gasteiger partial charge in [0.1, 0.15) is 6.61 Å². The lowest BCUT2D eigenvalue weighted by Crippen LogP contribution is -2.40. The first-order valence-electron chi connectivity index (χ1n) is 10.5. The quantitative estimate of drug-likeness (QED) is 0.745. The highest BCUT2D eigenvalue weighted by atomic mass is 16.6. The Hall–Kier alpha value is -3.39. The molecule has 1 atom stereocenters. The second-order valence-electron chi connectivity index (χ2n) is 7.94.